The summed E-state index contributed by atoms with van der Waals surface area (Å²) in [5, 5.41) is 0. The van der Waals surface area contributed by atoms with Crippen LogP contribution < -0.4 is 5.73 Å². The Labute approximate surface area is 110 Å². The fraction of sp³-hybridized carbons (Fsp3) is 0.625. The molecule has 3 rings (SSSR count). The predicted molar refractivity (Wildman–Crippen MR) is 75.4 cm³/mol. The topological polar surface area (TPSA) is 29.3 Å². The molecule has 1 heterocycles. The Morgan fingerprint density at radius 3 is 2.78 bits per heavy atom. The van der Waals surface area contributed by atoms with Crippen molar-refractivity contribution in [1.82, 2.24) is 4.90 Å². The molecule has 0 amide bonds. The van der Waals surface area contributed by atoms with Gasteiger partial charge in [-0.25, -0.2) is 0 Å². The molecule has 2 atom stereocenters. The van der Waals surface area contributed by atoms with Gasteiger partial charge in [-0.1, -0.05) is 29.8 Å². The van der Waals surface area contributed by atoms with Gasteiger partial charge in [-0.15, -0.1) is 0 Å². The molecule has 0 bridgehead atoms. The minimum absolute atomic E-state index is 0.566. The van der Waals surface area contributed by atoms with E-state index in [1.165, 1.54) is 43.4 Å². The molecule has 1 aromatic rings. The molecule has 18 heavy (non-hydrogen) atoms. The first-order valence-electron chi connectivity index (χ1n) is 7.32. The van der Waals surface area contributed by atoms with Crippen LogP contribution in [0, 0.1) is 12.8 Å². The Morgan fingerprint density at radius 2 is 2.11 bits per heavy atom. The van der Waals surface area contributed by atoms with E-state index in [1.54, 1.807) is 0 Å². The Bertz CT molecular complexity index is 411. The molecule has 2 aliphatic rings. The molecule has 2 nitrogen and oxygen atoms in total. The van der Waals surface area contributed by atoms with E-state index in [-0.39, 0.29) is 0 Å². The summed E-state index contributed by atoms with van der Waals surface area (Å²) in [6.07, 6.45) is 5.39. The molecule has 2 N–H and O–H groups in total. The smallest absolute Gasteiger partial charge is 0.0391 e. The first-order chi connectivity index (χ1) is 8.79. The van der Waals surface area contributed by atoms with Crippen LogP contribution in [0.4, 0.5) is 0 Å². The Morgan fingerprint density at radius 1 is 1.28 bits per heavy atom. The normalized spacial score (nSPS) is 29.4. The van der Waals surface area contributed by atoms with Gasteiger partial charge in [0.25, 0.3) is 0 Å². The van der Waals surface area contributed by atoms with Crippen molar-refractivity contribution in [3.05, 3.63) is 35.4 Å². The van der Waals surface area contributed by atoms with Gasteiger partial charge in [0.2, 0.25) is 0 Å². The monoisotopic (exact) mass is 244 g/mol. The number of nitrogens with two attached hydrogens (primary N) is 1. The van der Waals surface area contributed by atoms with Crippen molar-refractivity contribution in [3.63, 3.8) is 0 Å². The third kappa shape index (κ3) is 2.32. The van der Waals surface area contributed by atoms with E-state index in [1.807, 2.05) is 0 Å². The van der Waals surface area contributed by atoms with Crippen LogP contribution in [0.15, 0.2) is 24.3 Å². The van der Waals surface area contributed by atoms with E-state index in [9.17, 15) is 0 Å². The first kappa shape index (κ1) is 12.2. The van der Waals surface area contributed by atoms with Crippen molar-refractivity contribution in [2.45, 2.75) is 44.7 Å². The lowest BCUT2D eigenvalue weighted by Crippen LogP contribution is -2.42. The van der Waals surface area contributed by atoms with E-state index in [0.29, 0.717) is 12.0 Å². The molecule has 1 aromatic carbocycles. The first-order valence-corrected chi connectivity index (χ1v) is 7.32. The average Bonchev–Trinajstić information content (AvgIpc) is 3.22. The molecule has 1 saturated heterocycles. The highest BCUT2D eigenvalue weighted by atomic mass is 15.2. The number of benzene rings is 1. The van der Waals surface area contributed by atoms with Crippen molar-refractivity contribution < 1.29 is 0 Å². The molecular formula is C16H24N2. The fourth-order valence-corrected chi connectivity index (χ4v) is 3.48. The summed E-state index contributed by atoms with van der Waals surface area (Å²) in [7, 11) is 0. The molecule has 2 heteroatoms. The molecule has 2 fully saturated rings. The van der Waals surface area contributed by atoms with Crippen molar-refractivity contribution in [1.29, 1.82) is 0 Å². The van der Waals surface area contributed by atoms with E-state index in [2.05, 4.69) is 36.1 Å². The van der Waals surface area contributed by atoms with Gasteiger partial charge in [0.05, 0.1) is 0 Å². The van der Waals surface area contributed by atoms with Gasteiger partial charge in [-0.3, -0.25) is 4.90 Å². The highest BCUT2D eigenvalue weighted by Crippen LogP contribution is 2.42. The number of nitrogens with zero attached hydrogens (tertiary/aromatic N) is 1. The minimum Gasteiger partial charge on any atom is -0.330 e. The summed E-state index contributed by atoms with van der Waals surface area (Å²) in [5.74, 6) is 0.640. The third-order valence-electron chi connectivity index (χ3n) is 4.50. The average molecular weight is 244 g/mol. The van der Waals surface area contributed by atoms with Gasteiger partial charge in [-0.05, 0) is 57.2 Å². The van der Waals surface area contributed by atoms with Crippen LogP contribution in [0.1, 0.15) is 42.9 Å². The molecule has 1 saturated carbocycles. The lowest BCUT2D eigenvalue weighted by Gasteiger charge is -2.41. The second-order valence-electron chi connectivity index (χ2n) is 5.97. The second-order valence-corrected chi connectivity index (χ2v) is 5.97. The van der Waals surface area contributed by atoms with E-state index in [4.69, 9.17) is 5.73 Å². The van der Waals surface area contributed by atoms with Crippen LogP contribution in [0.3, 0.4) is 0 Å². The SMILES string of the molecule is Cc1cccc(C2C(CN)CCCN2C2CC2)c1. The number of hydrogen-bond donors (Lipinski definition) is 1. The quantitative estimate of drug-likeness (QED) is 0.886. The molecule has 2 unspecified atom stereocenters. The van der Waals surface area contributed by atoms with Crippen molar-refractivity contribution in [2.75, 3.05) is 13.1 Å². The van der Waals surface area contributed by atoms with Crippen LogP contribution in [-0.4, -0.2) is 24.0 Å². The predicted octanol–water partition coefficient (Wildman–Crippen LogP) is 2.87. The number of hydrogen-bond acceptors (Lipinski definition) is 2. The summed E-state index contributed by atoms with van der Waals surface area (Å²) in [5.41, 5.74) is 8.87. The Balaban J connectivity index is 1.91. The summed E-state index contributed by atoms with van der Waals surface area (Å²) in [4.78, 5) is 2.73. The van der Waals surface area contributed by atoms with Gasteiger partial charge in [0.1, 0.15) is 0 Å². The number of rotatable bonds is 3. The summed E-state index contributed by atoms with van der Waals surface area (Å²) >= 11 is 0. The molecule has 1 aliphatic carbocycles. The zero-order valence-corrected chi connectivity index (χ0v) is 11.3. The largest absolute Gasteiger partial charge is 0.330 e. The van der Waals surface area contributed by atoms with Crippen LogP contribution >= 0.6 is 0 Å². The summed E-state index contributed by atoms with van der Waals surface area (Å²) in [6.45, 7) is 4.27. The number of likely N-dealkylation sites (tertiary alicyclic amines) is 1. The van der Waals surface area contributed by atoms with E-state index < -0.39 is 0 Å². The molecule has 1 aliphatic heterocycles. The van der Waals surface area contributed by atoms with Gasteiger partial charge < -0.3 is 5.73 Å². The molecule has 0 aromatic heterocycles. The Hall–Kier alpha value is -0.860. The maximum absolute atomic E-state index is 6.03. The zero-order chi connectivity index (χ0) is 12.5. The molecule has 0 radical (unpaired) electrons. The minimum atomic E-state index is 0.566. The lowest BCUT2D eigenvalue weighted by atomic mass is 9.84. The highest BCUT2D eigenvalue weighted by molar-refractivity contribution is 5.26. The van der Waals surface area contributed by atoms with Gasteiger partial charge in [-0.2, -0.15) is 0 Å². The maximum Gasteiger partial charge on any atom is 0.0391 e. The van der Waals surface area contributed by atoms with Crippen molar-refractivity contribution in [3.8, 4) is 0 Å². The summed E-state index contributed by atoms with van der Waals surface area (Å²) in [6, 6.07) is 10.4. The van der Waals surface area contributed by atoms with Gasteiger partial charge in [0.15, 0.2) is 0 Å². The van der Waals surface area contributed by atoms with Gasteiger partial charge >= 0.3 is 0 Å². The molecule has 0 spiro atoms. The van der Waals surface area contributed by atoms with Crippen LogP contribution in [0.2, 0.25) is 0 Å². The highest BCUT2D eigenvalue weighted by Gasteiger charge is 2.39. The van der Waals surface area contributed by atoms with Crippen LogP contribution in [0.5, 0.6) is 0 Å². The maximum atomic E-state index is 6.03. The molecule has 98 valence electrons. The summed E-state index contributed by atoms with van der Waals surface area (Å²) < 4.78 is 0. The number of aryl methyl sites for hydroxylation is 1. The van der Waals surface area contributed by atoms with E-state index in [0.717, 1.165) is 12.6 Å². The van der Waals surface area contributed by atoms with Gasteiger partial charge in [0, 0.05) is 12.1 Å². The number of piperidine rings is 1. The lowest BCUT2D eigenvalue weighted by molar-refractivity contribution is 0.0879. The van der Waals surface area contributed by atoms with Crippen LogP contribution in [0.25, 0.3) is 0 Å². The van der Waals surface area contributed by atoms with Crippen molar-refractivity contribution >= 4 is 0 Å². The van der Waals surface area contributed by atoms with Crippen LogP contribution in [-0.2, 0) is 0 Å². The standard InChI is InChI=1S/C16H24N2/c1-12-4-2-5-13(10-12)16-14(11-17)6-3-9-18(16)15-7-8-15/h2,4-5,10,14-16H,3,6-9,11,17H2,1H3. The van der Waals surface area contributed by atoms with Crippen molar-refractivity contribution in [2.24, 2.45) is 11.7 Å². The fourth-order valence-electron chi connectivity index (χ4n) is 3.48. The Kier molecular flexibility index (Phi) is 3.40. The van der Waals surface area contributed by atoms with E-state index >= 15 is 0 Å². The second kappa shape index (κ2) is 5.02. The zero-order valence-electron chi connectivity index (χ0n) is 11.3. The molecular weight excluding hydrogens is 220 g/mol. The third-order valence-corrected chi connectivity index (χ3v) is 4.50.